The second-order valence-electron chi connectivity index (χ2n) is 9.56. The molecule has 1 saturated heterocycles. The Balaban J connectivity index is 1.52. The predicted molar refractivity (Wildman–Crippen MR) is 151 cm³/mol. The Hall–Kier alpha value is -4.73. The number of nitrogens with two attached hydrogens (primary N) is 1. The number of H-pyrrole nitrogens is 1. The van der Waals surface area contributed by atoms with Crippen molar-refractivity contribution in [1.82, 2.24) is 19.3 Å². The minimum atomic E-state index is -5.13. The molecule has 1 aliphatic rings. The third-order valence-electron chi connectivity index (χ3n) is 6.08. The van der Waals surface area contributed by atoms with Crippen LogP contribution in [0.25, 0.3) is 10.7 Å². The van der Waals surface area contributed by atoms with E-state index in [1.54, 1.807) is 0 Å². The molecular formula is C23H22N6O12S3. The molecule has 0 spiro atoms. The van der Waals surface area contributed by atoms with Gasteiger partial charge in [-0.05, 0) is 13.8 Å². The molecule has 4 rings (SSSR count). The monoisotopic (exact) mass is 670 g/mol. The summed E-state index contributed by atoms with van der Waals surface area (Å²) in [6.45, 7) is 1.54. The van der Waals surface area contributed by atoms with Gasteiger partial charge in [0.05, 0.1) is 17.7 Å². The molecule has 6 N–H and O–H groups in total. The Kier molecular flexibility index (Phi) is 8.86. The number of amides is 1. The van der Waals surface area contributed by atoms with Crippen molar-refractivity contribution in [2.45, 2.75) is 31.9 Å². The highest BCUT2D eigenvalue weighted by molar-refractivity contribution is 7.84. The van der Waals surface area contributed by atoms with E-state index in [1.807, 2.05) is 0 Å². The maximum atomic E-state index is 13.3. The van der Waals surface area contributed by atoms with Gasteiger partial charge in [0, 0.05) is 29.4 Å². The summed E-state index contributed by atoms with van der Waals surface area (Å²) in [7, 11) is -5.13. The van der Waals surface area contributed by atoms with Gasteiger partial charge in [0.25, 0.3) is 0 Å². The molecule has 0 aromatic carbocycles. The highest BCUT2D eigenvalue weighted by atomic mass is 32.2. The van der Waals surface area contributed by atoms with Gasteiger partial charge in [-0.3, -0.25) is 18.9 Å². The number of esters is 1. The molecule has 1 amide bonds. The molecule has 4 heterocycles. The highest BCUT2D eigenvalue weighted by Crippen LogP contribution is 2.33. The zero-order valence-electron chi connectivity index (χ0n) is 22.5. The van der Waals surface area contributed by atoms with Crippen molar-refractivity contribution in [3.05, 3.63) is 44.6 Å². The lowest BCUT2D eigenvalue weighted by atomic mass is 9.85. The number of anilines is 1. The zero-order valence-corrected chi connectivity index (χ0v) is 24.9. The molecule has 1 fully saturated rings. The number of ether oxygens (including phenoxy) is 1. The van der Waals surface area contributed by atoms with Crippen molar-refractivity contribution < 1.29 is 51.9 Å². The fourth-order valence-electron chi connectivity index (χ4n) is 3.71. The molecular weight excluding hydrogens is 648 g/mol. The Labute approximate surface area is 254 Å². The van der Waals surface area contributed by atoms with E-state index >= 15 is 0 Å². The number of carboxylic acid groups (broad SMARTS) is 1. The molecule has 1 aliphatic heterocycles. The van der Waals surface area contributed by atoms with Crippen LogP contribution in [0.1, 0.15) is 36.5 Å². The van der Waals surface area contributed by atoms with Crippen LogP contribution in [-0.4, -0.2) is 90.0 Å². The summed E-state index contributed by atoms with van der Waals surface area (Å²) in [6, 6.07) is -0.463. The zero-order chi connectivity index (χ0) is 32.6. The van der Waals surface area contributed by atoms with Gasteiger partial charge in [0.2, 0.25) is 16.9 Å². The van der Waals surface area contributed by atoms with Gasteiger partial charge in [-0.25, -0.2) is 23.9 Å². The van der Waals surface area contributed by atoms with Crippen LogP contribution < -0.4 is 11.2 Å². The van der Waals surface area contributed by atoms with Crippen molar-refractivity contribution in [3.8, 4) is 16.5 Å². The summed E-state index contributed by atoms with van der Waals surface area (Å²) in [5.41, 5.74) is 2.40. The molecule has 3 aromatic rings. The molecule has 18 nitrogen and oxygen atoms in total. The van der Waals surface area contributed by atoms with Crippen LogP contribution in [0.5, 0.6) is 5.75 Å². The van der Waals surface area contributed by atoms with Crippen molar-refractivity contribution >= 4 is 67.5 Å². The van der Waals surface area contributed by atoms with Crippen LogP contribution in [0.15, 0.2) is 33.0 Å². The van der Waals surface area contributed by atoms with E-state index in [1.165, 1.54) is 10.8 Å². The number of nitrogens with zero attached hydrogens (tertiary/aromatic N) is 4. The molecule has 0 aliphatic carbocycles. The van der Waals surface area contributed by atoms with Gasteiger partial charge in [0.15, 0.2) is 28.1 Å². The van der Waals surface area contributed by atoms with E-state index in [0.29, 0.717) is 0 Å². The first-order valence-electron chi connectivity index (χ1n) is 12.1. The number of nitrogens with one attached hydrogen (secondary N) is 1. The van der Waals surface area contributed by atoms with Crippen LogP contribution in [0.3, 0.4) is 0 Å². The number of β-lactam (4-membered cyclic amide) rings is 1. The van der Waals surface area contributed by atoms with Gasteiger partial charge in [-0.2, -0.15) is 8.42 Å². The average molecular weight is 671 g/mol. The number of aliphatic carboxylic acids is 1. The Morgan fingerprint density at radius 3 is 2.45 bits per heavy atom. The number of aromatic nitrogens is 3. The van der Waals surface area contributed by atoms with E-state index in [0.717, 1.165) is 48.8 Å². The van der Waals surface area contributed by atoms with Crippen LogP contribution in [0, 0.1) is 5.92 Å². The molecule has 0 saturated carbocycles. The standard InChI is InChI=1S/C23H22N6O12S3/c1-23(2,21(35)36)41-28-17(11-7-43-22(24)27-11)15(31)3-9-13(29(19(9)33)44(37,38)39)6-40-20(34)12-8-42-18(26-12)10-4-14(30)16(32)5-25-10/h4-5,7-9,13,32H,3,6H2,1-2H3,(H2,24,27)(H,25,30)(H,35,36)(H,37,38,39)/b28-17-/t9-,13+/m0/s1. The van der Waals surface area contributed by atoms with Crippen LogP contribution in [-0.2, 0) is 34.3 Å². The molecule has 44 heavy (non-hydrogen) atoms. The summed E-state index contributed by atoms with van der Waals surface area (Å²) in [4.78, 5) is 77.4. The smallest absolute Gasteiger partial charge is 0.362 e. The Morgan fingerprint density at radius 2 is 1.86 bits per heavy atom. The Morgan fingerprint density at radius 1 is 1.18 bits per heavy atom. The number of ketones is 1. The third kappa shape index (κ3) is 6.74. The van der Waals surface area contributed by atoms with E-state index in [9.17, 15) is 47.2 Å². The number of Topliss-reactive ketones (excluding diaryl/α,β-unsaturated/α-hetero) is 1. The average Bonchev–Trinajstić information content (AvgIpc) is 3.60. The largest absolute Gasteiger partial charge is 0.503 e. The van der Waals surface area contributed by atoms with Gasteiger partial charge in [-0.15, -0.1) is 22.7 Å². The Bertz CT molecular complexity index is 1840. The van der Waals surface area contributed by atoms with E-state index in [4.69, 9.17) is 15.3 Å². The second kappa shape index (κ2) is 12.1. The number of oxime groups is 1. The van der Waals surface area contributed by atoms with Gasteiger partial charge >= 0.3 is 22.2 Å². The maximum Gasteiger partial charge on any atom is 0.362 e. The van der Waals surface area contributed by atoms with Crippen molar-refractivity contribution in [1.29, 1.82) is 0 Å². The van der Waals surface area contributed by atoms with Crippen molar-refractivity contribution in [2.24, 2.45) is 11.1 Å². The maximum absolute atomic E-state index is 13.3. The summed E-state index contributed by atoms with van der Waals surface area (Å²) in [6.07, 6.45) is 0.309. The number of pyridine rings is 1. The summed E-state index contributed by atoms with van der Waals surface area (Å²) < 4.78 is 38.5. The first kappa shape index (κ1) is 32.2. The highest BCUT2D eigenvalue weighted by Gasteiger charge is 2.54. The number of carbonyl (C=O) groups excluding carboxylic acids is 3. The number of hydrogen-bond acceptors (Lipinski definition) is 16. The molecule has 21 heteroatoms. The van der Waals surface area contributed by atoms with Gasteiger partial charge in [-0.1, -0.05) is 5.16 Å². The predicted octanol–water partition coefficient (Wildman–Crippen LogP) is 0.273. The molecule has 234 valence electrons. The first-order chi connectivity index (χ1) is 20.5. The molecule has 0 unspecified atom stereocenters. The normalized spacial score (nSPS) is 17.2. The number of aromatic hydroxyl groups is 1. The molecule has 0 bridgehead atoms. The minimum Gasteiger partial charge on any atom is -0.503 e. The van der Waals surface area contributed by atoms with Gasteiger partial charge in [0.1, 0.15) is 17.3 Å². The fourth-order valence-corrected chi connectivity index (χ4v) is 5.94. The van der Waals surface area contributed by atoms with Crippen molar-refractivity contribution in [2.75, 3.05) is 12.3 Å². The van der Waals surface area contributed by atoms with E-state index in [2.05, 4.69) is 20.1 Å². The number of hydrogen-bond donors (Lipinski definition) is 5. The number of rotatable bonds is 12. The van der Waals surface area contributed by atoms with Crippen LogP contribution in [0.4, 0.5) is 5.13 Å². The van der Waals surface area contributed by atoms with Gasteiger partial charge < -0.3 is 30.5 Å². The van der Waals surface area contributed by atoms with Crippen LogP contribution >= 0.6 is 22.7 Å². The number of aromatic amines is 1. The quantitative estimate of drug-likeness (QED) is 0.0568. The first-order valence-corrected chi connectivity index (χ1v) is 15.2. The lowest BCUT2D eigenvalue weighted by Crippen LogP contribution is -2.65. The van der Waals surface area contributed by atoms with Crippen molar-refractivity contribution in [3.63, 3.8) is 0 Å². The molecule has 0 radical (unpaired) electrons. The fraction of sp³-hybridized carbons (Fsp3) is 0.304. The number of carboxylic acids is 1. The minimum absolute atomic E-state index is 0.0296. The number of carbonyl (C=O) groups is 4. The number of thiazole rings is 2. The second-order valence-corrected chi connectivity index (χ2v) is 12.6. The number of nitrogen functional groups attached to an aromatic ring is 1. The van der Waals surface area contributed by atoms with Crippen LogP contribution in [0.2, 0.25) is 0 Å². The SMILES string of the molecule is CC(C)(O/N=C(\C(=O)C[C@@H]1C(=O)N(S(=O)(=O)O)[C@@H]1COC(=O)c1csc(-c2cc(=O)c(O)c[nH]2)n1)c1csc(N)n1)C(=O)O. The molecule has 3 aromatic heterocycles. The molecule has 2 atom stereocenters. The lowest BCUT2D eigenvalue weighted by Gasteiger charge is -2.43. The van der Waals surface area contributed by atoms with E-state index < -0.39 is 81.4 Å². The topological polar surface area (TPSA) is 282 Å². The third-order valence-corrected chi connectivity index (χ3v) is 8.58. The summed E-state index contributed by atoms with van der Waals surface area (Å²) >= 11 is 1.87. The lowest BCUT2D eigenvalue weighted by molar-refractivity contribution is -0.161. The van der Waals surface area contributed by atoms with E-state index in [-0.39, 0.29) is 31.5 Å². The summed E-state index contributed by atoms with van der Waals surface area (Å²) in [5, 5.41) is 25.1. The summed E-state index contributed by atoms with van der Waals surface area (Å²) in [5.74, 6) is -6.53.